The SMILES string of the molecule is CC(=O)c1ccc(OCCCC(C)(C)C#N)c(C)c1. The Hall–Kier alpha value is -1.82. The molecule has 0 radical (unpaired) electrons. The largest absolute Gasteiger partial charge is 0.493 e. The van der Waals surface area contributed by atoms with Crippen LogP contribution in [0.1, 0.15) is 49.5 Å². The maximum atomic E-state index is 11.2. The quantitative estimate of drug-likeness (QED) is 0.575. The highest BCUT2D eigenvalue weighted by Gasteiger charge is 2.15. The highest BCUT2D eigenvalue weighted by molar-refractivity contribution is 5.94. The second kappa shape index (κ2) is 6.38. The van der Waals surface area contributed by atoms with Crippen LogP contribution in [-0.4, -0.2) is 12.4 Å². The van der Waals surface area contributed by atoms with Crippen LogP contribution >= 0.6 is 0 Å². The van der Waals surface area contributed by atoms with Crippen molar-refractivity contribution in [2.75, 3.05) is 6.61 Å². The molecular weight excluding hydrogens is 238 g/mol. The maximum absolute atomic E-state index is 11.2. The normalized spacial score (nSPS) is 10.9. The molecule has 0 spiro atoms. The molecule has 0 bridgehead atoms. The molecule has 3 nitrogen and oxygen atoms in total. The Morgan fingerprint density at radius 2 is 2.11 bits per heavy atom. The number of Topliss-reactive ketones (excluding diaryl/α,β-unsaturated/α-hetero) is 1. The second-order valence-electron chi connectivity index (χ2n) is 5.48. The minimum Gasteiger partial charge on any atom is -0.493 e. The molecule has 0 atom stereocenters. The zero-order valence-corrected chi connectivity index (χ0v) is 12.1. The minimum absolute atomic E-state index is 0.0606. The summed E-state index contributed by atoms with van der Waals surface area (Å²) in [6, 6.07) is 7.74. The van der Waals surface area contributed by atoms with Crippen LogP contribution in [0, 0.1) is 23.7 Å². The lowest BCUT2D eigenvalue weighted by Gasteiger charge is -2.15. The number of nitriles is 1. The molecule has 0 fully saturated rings. The van der Waals surface area contributed by atoms with Crippen LogP contribution in [0.3, 0.4) is 0 Å². The summed E-state index contributed by atoms with van der Waals surface area (Å²) in [6.45, 7) is 7.94. The first-order valence-corrected chi connectivity index (χ1v) is 6.51. The number of hydrogen-bond acceptors (Lipinski definition) is 3. The van der Waals surface area contributed by atoms with Crippen LogP contribution in [0.25, 0.3) is 0 Å². The summed E-state index contributed by atoms with van der Waals surface area (Å²) >= 11 is 0. The standard InChI is InChI=1S/C16H21NO2/c1-12-10-14(13(2)18)6-7-15(12)19-9-5-8-16(3,4)11-17/h6-7,10H,5,8-9H2,1-4H3. The monoisotopic (exact) mass is 259 g/mol. The molecule has 1 rings (SSSR count). The molecular formula is C16H21NO2. The third kappa shape index (κ3) is 4.75. The summed E-state index contributed by atoms with van der Waals surface area (Å²) in [5.74, 6) is 0.866. The van der Waals surface area contributed by atoms with E-state index in [0.29, 0.717) is 12.2 Å². The first-order valence-electron chi connectivity index (χ1n) is 6.51. The van der Waals surface area contributed by atoms with E-state index in [1.165, 1.54) is 0 Å². The summed E-state index contributed by atoms with van der Waals surface area (Å²) in [6.07, 6.45) is 1.66. The Labute approximate surface area is 115 Å². The van der Waals surface area contributed by atoms with E-state index >= 15 is 0 Å². The van der Waals surface area contributed by atoms with Gasteiger partial charge in [0.2, 0.25) is 0 Å². The lowest BCUT2D eigenvalue weighted by Crippen LogP contribution is -2.10. The van der Waals surface area contributed by atoms with Crippen molar-refractivity contribution in [1.29, 1.82) is 5.26 Å². The summed E-state index contributed by atoms with van der Waals surface area (Å²) in [7, 11) is 0. The van der Waals surface area contributed by atoms with E-state index in [1.54, 1.807) is 13.0 Å². The number of ether oxygens (including phenoxy) is 1. The molecule has 19 heavy (non-hydrogen) atoms. The van der Waals surface area contributed by atoms with Crippen LogP contribution in [0.4, 0.5) is 0 Å². The molecule has 3 heteroatoms. The zero-order valence-electron chi connectivity index (χ0n) is 12.1. The smallest absolute Gasteiger partial charge is 0.159 e. The molecule has 0 unspecified atom stereocenters. The molecule has 0 saturated carbocycles. The summed E-state index contributed by atoms with van der Waals surface area (Å²) in [5.41, 5.74) is 1.37. The fraction of sp³-hybridized carbons (Fsp3) is 0.500. The van der Waals surface area contributed by atoms with Crippen LogP contribution in [0.2, 0.25) is 0 Å². The van der Waals surface area contributed by atoms with E-state index in [-0.39, 0.29) is 11.2 Å². The van der Waals surface area contributed by atoms with Crippen molar-refractivity contribution in [1.82, 2.24) is 0 Å². The van der Waals surface area contributed by atoms with Crippen molar-refractivity contribution in [3.63, 3.8) is 0 Å². The van der Waals surface area contributed by atoms with Gasteiger partial charge in [-0.05, 0) is 64.3 Å². The number of benzene rings is 1. The Bertz CT molecular complexity index is 498. The molecule has 1 aromatic rings. The molecule has 102 valence electrons. The average molecular weight is 259 g/mol. The maximum Gasteiger partial charge on any atom is 0.159 e. The highest BCUT2D eigenvalue weighted by atomic mass is 16.5. The van der Waals surface area contributed by atoms with Crippen molar-refractivity contribution in [2.45, 2.75) is 40.5 Å². The van der Waals surface area contributed by atoms with E-state index < -0.39 is 0 Å². The zero-order chi connectivity index (χ0) is 14.5. The van der Waals surface area contributed by atoms with E-state index in [0.717, 1.165) is 24.2 Å². The number of nitrogens with zero attached hydrogens (tertiary/aromatic N) is 1. The van der Waals surface area contributed by atoms with Gasteiger partial charge in [-0.3, -0.25) is 4.79 Å². The van der Waals surface area contributed by atoms with E-state index in [1.807, 2.05) is 32.9 Å². The van der Waals surface area contributed by atoms with Gasteiger partial charge < -0.3 is 4.74 Å². The van der Waals surface area contributed by atoms with Crippen molar-refractivity contribution in [3.05, 3.63) is 29.3 Å². The fourth-order valence-corrected chi connectivity index (χ4v) is 1.78. The second-order valence-corrected chi connectivity index (χ2v) is 5.48. The summed E-state index contributed by atoms with van der Waals surface area (Å²) in [4.78, 5) is 11.2. The molecule has 0 aromatic heterocycles. The minimum atomic E-state index is -0.295. The van der Waals surface area contributed by atoms with E-state index in [4.69, 9.17) is 10.00 Å². The molecule has 0 saturated heterocycles. The van der Waals surface area contributed by atoms with Crippen LogP contribution < -0.4 is 4.74 Å². The van der Waals surface area contributed by atoms with Gasteiger partial charge in [-0.25, -0.2) is 0 Å². The van der Waals surface area contributed by atoms with Crippen LogP contribution in [-0.2, 0) is 0 Å². The molecule has 0 N–H and O–H groups in total. The van der Waals surface area contributed by atoms with Gasteiger partial charge in [-0.2, -0.15) is 5.26 Å². The Balaban J connectivity index is 2.51. The number of aryl methyl sites for hydroxylation is 1. The molecule has 0 amide bonds. The number of hydrogen-bond donors (Lipinski definition) is 0. The fourth-order valence-electron chi connectivity index (χ4n) is 1.78. The lowest BCUT2D eigenvalue weighted by molar-refractivity contribution is 0.101. The average Bonchev–Trinajstić information content (AvgIpc) is 2.36. The van der Waals surface area contributed by atoms with Crippen LogP contribution in [0.5, 0.6) is 5.75 Å². The predicted octanol–water partition coefficient (Wildman–Crippen LogP) is 3.91. The summed E-state index contributed by atoms with van der Waals surface area (Å²) < 4.78 is 5.69. The van der Waals surface area contributed by atoms with E-state index in [2.05, 4.69) is 6.07 Å². The first kappa shape index (κ1) is 15.2. The van der Waals surface area contributed by atoms with Gasteiger partial charge in [0.25, 0.3) is 0 Å². The first-order chi connectivity index (χ1) is 8.85. The van der Waals surface area contributed by atoms with Gasteiger partial charge in [0.1, 0.15) is 5.75 Å². The number of ketones is 1. The van der Waals surface area contributed by atoms with Gasteiger partial charge >= 0.3 is 0 Å². The Morgan fingerprint density at radius 3 is 2.63 bits per heavy atom. The lowest BCUT2D eigenvalue weighted by atomic mass is 9.90. The number of carbonyl (C=O) groups is 1. The number of carbonyl (C=O) groups excluding carboxylic acids is 1. The number of rotatable bonds is 6. The Kier molecular flexibility index (Phi) is 5.11. The highest BCUT2D eigenvalue weighted by Crippen LogP contribution is 2.23. The summed E-state index contributed by atoms with van der Waals surface area (Å²) in [5, 5.41) is 8.91. The van der Waals surface area contributed by atoms with Crippen molar-refractivity contribution >= 4 is 5.78 Å². The van der Waals surface area contributed by atoms with Gasteiger partial charge in [0.05, 0.1) is 18.1 Å². The van der Waals surface area contributed by atoms with Gasteiger partial charge in [0, 0.05) is 5.56 Å². The van der Waals surface area contributed by atoms with Crippen molar-refractivity contribution in [3.8, 4) is 11.8 Å². The third-order valence-corrected chi connectivity index (χ3v) is 3.09. The molecule has 1 aromatic carbocycles. The van der Waals surface area contributed by atoms with Gasteiger partial charge in [0.15, 0.2) is 5.78 Å². The molecule has 0 aliphatic carbocycles. The van der Waals surface area contributed by atoms with Crippen molar-refractivity contribution < 1.29 is 9.53 Å². The molecule has 0 aliphatic heterocycles. The molecule has 0 heterocycles. The van der Waals surface area contributed by atoms with Gasteiger partial charge in [-0.15, -0.1) is 0 Å². The predicted molar refractivity (Wildman–Crippen MR) is 75.3 cm³/mol. The van der Waals surface area contributed by atoms with Crippen LogP contribution in [0.15, 0.2) is 18.2 Å². The molecule has 0 aliphatic rings. The topological polar surface area (TPSA) is 50.1 Å². The van der Waals surface area contributed by atoms with Crippen molar-refractivity contribution in [2.24, 2.45) is 5.41 Å². The third-order valence-electron chi connectivity index (χ3n) is 3.09. The Morgan fingerprint density at radius 1 is 1.42 bits per heavy atom. The van der Waals surface area contributed by atoms with Gasteiger partial charge in [-0.1, -0.05) is 0 Å². The van der Waals surface area contributed by atoms with E-state index in [9.17, 15) is 4.79 Å².